The number of nitrogens with one attached hydrogen (secondary N) is 3. The number of rotatable bonds is 18. The second kappa shape index (κ2) is 16.4. The molecule has 0 aromatic carbocycles. The molecule has 0 bridgehead atoms. The molecule has 35 heavy (non-hydrogen) atoms. The molecule has 10 N–H and O–H groups in total. The van der Waals surface area contributed by atoms with Gasteiger partial charge in [-0.1, -0.05) is 13.8 Å². The second-order valence-corrected chi connectivity index (χ2v) is 8.57. The van der Waals surface area contributed by atoms with Crippen LogP contribution in [0.4, 0.5) is 0 Å². The standard InChI is InChI=1S/C21H37N5O9/c1-11(2)9-15(21(34)35)26-20(33)14(6-7-16(27)28)25-19(32)13(5-3-4-8-22)24-18(31)12(23)10-17(29)30/h11-15H,3-10,22-23H2,1-2H3,(H,24,31)(H,25,32)(H,26,33)(H,27,28)(H,29,30)(H,34,35). The Bertz CT molecular complexity index is 759. The highest BCUT2D eigenvalue weighted by Gasteiger charge is 2.31. The molecule has 0 saturated heterocycles. The van der Waals surface area contributed by atoms with E-state index in [0.29, 0.717) is 19.4 Å². The fourth-order valence-electron chi connectivity index (χ4n) is 3.10. The Balaban J connectivity index is 5.59. The summed E-state index contributed by atoms with van der Waals surface area (Å²) < 4.78 is 0. The summed E-state index contributed by atoms with van der Waals surface area (Å²) >= 11 is 0. The van der Waals surface area contributed by atoms with Gasteiger partial charge in [-0.15, -0.1) is 0 Å². The monoisotopic (exact) mass is 503 g/mol. The second-order valence-electron chi connectivity index (χ2n) is 8.57. The molecule has 0 rings (SSSR count). The van der Waals surface area contributed by atoms with Gasteiger partial charge in [0, 0.05) is 6.42 Å². The van der Waals surface area contributed by atoms with Crippen LogP contribution in [0.15, 0.2) is 0 Å². The third-order valence-electron chi connectivity index (χ3n) is 4.91. The van der Waals surface area contributed by atoms with Crippen molar-refractivity contribution in [3.05, 3.63) is 0 Å². The maximum Gasteiger partial charge on any atom is 0.326 e. The van der Waals surface area contributed by atoms with Gasteiger partial charge >= 0.3 is 17.9 Å². The Hall–Kier alpha value is -3.26. The van der Waals surface area contributed by atoms with Crippen LogP contribution in [0.25, 0.3) is 0 Å². The minimum atomic E-state index is -1.42. The zero-order valence-electron chi connectivity index (χ0n) is 20.0. The quantitative estimate of drug-likeness (QED) is 0.0985. The van der Waals surface area contributed by atoms with Crippen LogP contribution in [0.5, 0.6) is 0 Å². The molecule has 0 spiro atoms. The summed E-state index contributed by atoms with van der Waals surface area (Å²) in [6.45, 7) is 3.84. The Labute approximate surface area is 203 Å². The lowest BCUT2D eigenvalue weighted by molar-refractivity contribution is -0.143. The minimum absolute atomic E-state index is 0.0689. The summed E-state index contributed by atoms with van der Waals surface area (Å²) in [6, 6.07) is -5.27. The van der Waals surface area contributed by atoms with Crippen molar-refractivity contribution < 1.29 is 44.1 Å². The largest absolute Gasteiger partial charge is 0.481 e. The molecule has 0 aliphatic heterocycles. The molecule has 200 valence electrons. The van der Waals surface area contributed by atoms with Crippen LogP contribution >= 0.6 is 0 Å². The highest BCUT2D eigenvalue weighted by molar-refractivity contribution is 5.94. The fourth-order valence-corrected chi connectivity index (χ4v) is 3.10. The Morgan fingerprint density at radius 3 is 1.71 bits per heavy atom. The smallest absolute Gasteiger partial charge is 0.326 e. The highest BCUT2D eigenvalue weighted by Crippen LogP contribution is 2.08. The predicted octanol–water partition coefficient (Wildman–Crippen LogP) is -1.63. The third kappa shape index (κ3) is 13.9. The van der Waals surface area contributed by atoms with E-state index in [4.69, 9.17) is 21.7 Å². The van der Waals surface area contributed by atoms with Crippen molar-refractivity contribution in [1.29, 1.82) is 0 Å². The van der Waals surface area contributed by atoms with E-state index in [1.807, 2.05) is 0 Å². The number of hydrogen-bond acceptors (Lipinski definition) is 8. The molecule has 4 unspecified atom stereocenters. The van der Waals surface area contributed by atoms with Crippen LogP contribution in [-0.4, -0.2) is 81.7 Å². The first-order valence-corrected chi connectivity index (χ1v) is 11.3. The first-order chi connectivity index (χ1) is 16.3. The van der Waals surface area contributed by atoms with Gasteiger partial charge in [0.15, 0.2) is 0 Å². The zero-order valence-corrected chi connectivity index (χ0v) is 20.0. The zero-order chi connectivity index (χ0) is 27.1. The topological polar surface area (TPSA) is 251 Å². The van der Waals surface area contributed by atoms with Crippen molar-refractivity contribution in [2.45, 2.75) is 83.0 Å². The fraction of sp³-hybridized carbons (Fsp3) is 0.714. The molecule has 0 radical (unpaired) electrons. The highest BCUT2D eigenvalue weighted by atomic mass is 16.4. The van der Waals surface area contributed by atoms with Gasteiger partial charge in [0.2, 0.25) is 17.7 Å². The van der Waals surface area contributed by atoms with Gasteiger partial charge in [-0.3, -0.25) is 24.0 Å². The van der Waals surface area contributed by atoms with Crippen LogP contribution in [0, 0.1) is 5.92 Å². The number of carbonyl (C=O) groups is 6. The average Bonchev–Trinajstić information content (AvgIpc) is 2.74. The van der Waals surface area contributed by atoms with Crippen LogP contribution in [0.3, 0.4) is 0 Å². The summed E-state index contributed by atoms with van der Waals surface area (Å²) in [5.41, 5.74) is 11.0. The molecule has 0 aromatic rings. The SMILES string of the molecule is CC(C)CC(NC(=O)C(CCC(=O)O)NC(=O)C(CCCCN)NC(=O)C(N)CC(=O)O)C(=O)O. The molecule has 0 heterocycles. The van der Waals surface area contributed by atoms with Crippen molar-refractivity contribution in [2.24, 2.45) is 17.4 Å². The van der Waals surface area contributed by atoms with Crippen molar-refractivity contribution in [3.63, 3.8) is 0 Å². The normalized spacial score (nSPS) is 14.3. The van der Waals surface area contributed by atoms with E-state index in [2.05, 4.69) is 16.0 Å². The van der Waals surface area contributed by atoms with Gasteiger partial charge in [-0.25, -0.2) is 4.79 Å². The molecule has 3 amide bonds. The van der Waals surface area contributed by atoms with Crippen molar-refractivity contribution in [1.82, 2.24) is 16.0 Å². The number of carbonyl (C=O) groups excluding carboxylic acids is 3. The average molecular weight is 504 g/mol. The molecule has 0 aromatic heterocycles. The van der Waals surface area contributed by atoms with E-state index in [0.717, 1.165) is 0 Å². The third-order valence-corrected chi connectivity index (χ3v) is 4.91. The molecule has 14 heteroatoms. The van der Waals surface area contributed by atoms with E-state index < -0.39 is 72.6 Å². The van der Waals surface area contributed by atoms with Crippen LogP contribution < -0.4 is 27.4 Å². The van der Waals surface area contributed by atoms with Crippen LogP contribution in [0.1, 0.15) is 58.8 Å². The van der Waals surface area contributed by atoms with Gasteiger partial charge in [-0.05, 0) is 44.6 Å². The Kier molecular flexibility index (Phi) is 14.9. The van der Waals surface area contributed by atoms with Crippen molar-refractivity contribution in [2.75, 3.05) is 6.54 Å². The maximum atomic E-state index is 12.9. The summed E-state index contributed by atoms with van der Waals surface area (Å²) in [6.07, 6.45) is -0.369. The van der Waals surface area contributed by atoms with Crippen molar-refractivity contribution in [3.8, 4) is 0 Å². The molecule has 0 saturated carbocycles. The van der Waals surface area contributed by atoms with Crippen LogP contribution in [-0.2, 0) is 28.8 Å². The van der Waals surface area contributed by atoms with Crippen molar-refractivity contribution >= 4 is 35.6 Å². The van der Waals surface area contributed by atoms with Gasteiger partial charge in [-0.2, -0.15) is 0 Å². The Morgan fingerprint density at radius 2 is 1.26 bits per heavy atom. The number of carboxylic acid groups (broad SMARTS) is 3. The van der Waals surface area contributed by atoms with E-state index in [-0.39, 0.29) is 25.2 Å². The number of unbranched alkanes of at least 4 members (excludes halogenated alkanes) is 1. The summed E-state index contributed by atoms with van der Waals surface area (Å²) in [5, 5.41) is 34.2. The first-order valence-electron chi connectivity index (χ1n) is 11.3. The summed E-state index contributed by atoms with van der Waals surface area (Å²) in [5.74, 6) is -6.51. The number of amides is 3. The van der Waals surface area contributed by atoms with E-state index in [1.165, 1.54) is 0 Å². The lowest BCUT2D eigenvalue weighted by Gasteiger charge is -2.25. The molecule has 0 aliphatic rings. The van der Waals surface area contributed by atoms with Gasteiger partial charge in [0.25, 0.3) is 0 Å². The summed E-state index contributed by atoms with van der Waals surface area (Å²) in [7, 11) is 0. The number of carboxylic acids is 3. The Morgan fingerprint density at radius 1 is 0.743 bits per heavy atom. The van der Waals surface area contributed by atoms with E-state index >= 15 is 0 Å². The lowest BCUT2D eigenvalue weighted by atomic mass is 10.0. The van der Waals surface area contributed by atoms with E-state index in [9.17, 15) is 33.9 Å². The molecule has 4 atom stereocenters. The number of hydrogen-bond donors (Lipinski definition) is 8. The molecule has 14 nitrogen and oxygen atoms in total. The maximum absolute atomic E-state index is 12.9. The first kappa shape index (κ1) is 31.7. The van der Waals surface area contributed by atoms with Gasteiger partial charge < -0.3 is 42.7 Å². The summed E-state index contributed by atoms with van der Waals surface area (Å²) in [4.78, 5) is 71.3. The molecular formula is C21H37N5O9. The lowest BCUT2D eigenvalue weighted by Crippen LogP contribution is -2.57. The number of aliphatic carboxylic acids is 3. The molecular weight excluding hydrogens is 466 g/mol. The van der Waals surface area contributed by atoms with E-state index in [1.54, 1.807) is 13.8 Å². The minimum Gasteiger partial charge on any atom is -0.481 e. The molecule has 0 aliphatic carbocycles. The van der Waals surface area contributed by atoms with Gasteiger partial charge in [0.1, 0.15) is 18.1 Å². The van der Waals surface area contributed by atoms with Gasteiger partial charge in [0.05, 0.1) is 12.5 Å². The molecule has 0 fully saturated rings. The number of nitrogens with two attached hydrogens (primary N) is 2. The van der Waals surface area contributed by atoms with Crippen LogP contribution in [0.2, 0.25) is 0 Å². The predicted molar refractivity (Wildman–Crippen MR) is 123 cm³/mol.